The Kier molecular flexibility index (Phi) is 7.48. The van der Waals surface area contributed by atoms with Crippen molar-refractivity contribution in [2.45, 2.75) is 131 Å². The third-order valence-corrected chi connectivity index (χ3v) is 10.6. The highest BCUT2D eigenvalue weighted by molar-refractivity contribution is 5.47. The van der Waals surface area contributed by atoms with Crippen LogP contribution in [0.4, 0.5) is 0 Å². The van der Waals surface area contributed by atoms with Crippen LogP contribution in [0.25, 0.3) is 0 Å². The normalized spacial score (nSPS) is 31.5. The lowest BCUT2D eigenvalue weighted by molar-refractivity contribution is -1.30. The Bertz CT molecular complexity index is 1210. The number of fused-ring (bicyclic) bond motifs is 4. The molecule has 6 rings (SSSR count). The van der Waals surface area contributed by atoms with Crippen molar-refractivity contribution in [1.82, 2.24) is 5.01 Å². The van der Waals surface area contributed by atoms with E-state index in [9.17, 15) is 0 Å². The van der Waals surface area contributed by atoms with E-state index in [1.807, 2.05) is 0 Å². The fourth-order valence-corrected chi connectivity index (χ4v) is 8.48. The molecule has 0 radical (unpaired) electrons. The Labute approximate surface area is 237 Å². The van der Waals surface area contributed by atoms with Gasteiger partial charge in [0.2, 0.25) is 11.5 Å². The molecule has 212 valence electrons. The molecule has 3 aliphatic heterocycles. The first-order valence-corrected chi connectivity index (χ1v) is 16.3. The average molecular weight is 532 g/mol. The molecule has 1 spiro atoms. The fourth-order valence-electron chi connectivity index (χ4n) is 8.48. The predicted molar refractivity (Wildman–Crippen MR) is 158 cm³/mol. The van der Waals surface area contributed by atoms with Gasteiger partial charge in [-0.25, -0.2) is 9.68 Å². The van der Waals surface area contributed by atoms with Crippen LogP contribution in [-0.2, 0) is 38.6 Å². The molecule has 2 aromatic carbocycles. The molecule has 4 nitrogen and oxygen atoms in total. The van der Waals surface area contributed by atoms with Gasteiger partial charge in [0.25, 0.3) is 0 Å². The van der Waals surface area contributed by atoms with E-state index in [2.05, 4.69) is 70.8 Å². The molecular weight excluding hydrogens is 480 g/mol. The highest BCUT2D eigenvalue weighted by Crippen LogP contribution is 2.53. The van der Waals surface area contributed by atoms with Crippen molar-refractivity contribution in [3.05, 3.63) is 57.6 Å². The minimum Gasteiger partial charge on any atom is -0.248 e. The summed E-state index contributed by atoms with van der Waals surface area (Å²) in [4.78, 5) is 15.1. The van der Waals surface area contributed by atoms with Crippen LogP contribution in [0.3, 0.4) is 0 Å². The van der Waals surface area contributed by atoms with Crippen molar-refractivity contribution in [3.8, 4) is 11.5 Å². The number of rotatable bonds is 6. The molecule has 4 heteroatoms. The summed E-state index contributed by atoms with van der Waals surface area (Å²) >= 11 is 0. The highest BCUT2D eigenvalue weighted by Gasteiger charge is 2.65. The summed E-state index contributed by atoms with van der Waals surface area (Å²) in [6.45, 7) is 14.8. The van der Waals surface area contributed by atoms with E-state index in [4.69, 9.17) is 9.68 Å². The van der Waals surface area contributed by atoms with E-state index in [1.165, 1.54) is 71.9 Å². The Morgan fingerprint density at radius 3 is 2.05 bits per heavy atom. The molecule has 39 heavy (non-hydrogen) atoms. The van der Waals surface area contributed by atoms with Gasteiger partial charge in [-0.3, -0.25) is 0 Å². The van der Waals surface area contributed by atoms with Crippen LogP contribution in [0.1, 0.15) is 113 Å². The molecule has 2 fully saturated rings. The standard InChI is InChI=1S/C35H51N2O2/c1-7-12-26-13-14-29-21-33-23(6)15-30-18-24(8-2)16-27(10-4)34(30)38-37(33)36(32(29)20-26)22-31-19-25(9-3)17-28(11-5)35(31)39-37/h16-19,23,26,29,32-33H,7-15,20-22H2,1-6H3/q+1. The summed E-state index contributed by atoms with van der Waals surface area (Å²) in [6, 6.07) is 10.4. The number of benzene rings is 2. The molecule has 0 N–H and O–H groups in total. The summed E-state index contributed by atoms with van der Waals surface area (Å²) < 4.78 is 0. The van der Waals surface area contributed by atoms with Crippen LogP contribution in [0.5, 0.6) is 11.5 Å². The second-order valence-corrected chi connectivity index (χ2v) is 13.0. The SMILES string of the molecule is CCCC1CCC2CC3C(C)Cc4cc(CC)cc(CC)c4O[N+]34Oc3c(CC)cc(CC)cc3CN4C2C1. The Morgan fingerprint density at radius 2 is 1.44 bits per heavy atom. The number of hydroxylamine groups is 2. The predicted octanol–water partition coefficient (Wildman–Crippen LogP) is 8.32. The largest absolute Gasteiger partial charge is 0.248 e. The van der Waals surface area contributed by atoms with Crippen molar-refractivity contribution in [2.75, 3.05) is 0 Å². The molecule has 1 saturated heterocycles. The molecule has 6 unspecified atom stereocenters. The van der Waals surface area contributed by atoms with E-state index < -0.39 is 0 Å². The maximum Gasteiger partial charge on any atom is 0.206 e. The molecule has 6 atom stereocenters. The molecule has 4 aliphatic rings. The summed E-state index contributed by atoms with van der Waals surface area (Å²) in [5, 5.41) is 2.70. The van der Waals surface area contributed by atoms with Gasteiger partial charge in [-0.15, -0.1) is 0 Å². The summed E-state index contributed by atoms with van der Waals surface area (Å²) in [5.74, 6) is 4.21. The molecule has 3 heterocycles. The van der Waals surface area contributed by atoms with Crippen molar-refractivity contribution in [2.24, 2.45) is 17.8 Å². The van der Waals surface area contributed by atoms with E-state index in [0.29, 0.717) is 18.0 Å². The van der Waals surface area contributed by atoms with E-state index in [1.54, 1.807) is 0 Å². The minimum absolute atomic E-state index is 0.220. The quantitative estimate of drug-likeness (QED) is 0.350. The molecule has 1 aliphatic carbocycles. The third kappa shape index (κ3) is 4.50. The van der Waals surface area contributed by atoms with Crippen LogP contribution < -0.4 is 9.68 Å². The molecule has 2 aromatic rings. The molecule has 0 amide bonds. The zero-order valence-corrected chi connectivity index (χ0v) is 25.4. The van der Waals surface area contributed by atoms with Gasteiger partial charge in [-0.2, -0.15) is 0 Å². The number of hydrogen-bond acceptors (Lipinski definition) is 3. The van der Waals surface area contributed by atoms with Crippen LogP contribution >= 0.6 is 0 Å². The van der Waals surface area contributed by atoms with Gasteiger partial charge in [-0.05, 0) is 67.9 Å². The molecule has 0 aromatic heterocycles. The first-order chi connectivity index (χ1) is 18.9. The van der Waals surface area contributed by atoms with E-state index in [-0.39, 0.29) is 4.92 Å². The lowest BCUT2D eigenvalue weighted by atomic mass is 9.71. The maximum absolute atomic E-state index is 7.44. The number of quaternary nitrogens is 1. The van der Waals surface area contributed by atoms with Gasteiger partial charge in [0.1, 0.15) is 4.92 Å². The van der Waals surface area contributed by atoms with Crippen LogP contribution in [0.15, 0.2) is 24.3 Å². The van der Waals surface area contributed by atoms with Crippen molar-refractivity contribution in [1.29, 1.82) is 0 Å². The maximum atomic E-state index is 7.44. The zero-order valence-electron chi connectivity index (χ0n) is 25.4. The van der Waals surface area contributed by atoms with Gasteiger partial charge in [-0.1, -0.05) is 90.1 Å². The first-order valence-electron chi connectivity index (χ1n) is 16.3. The van der Waals surface area contributed by atoms with Crippen LogP contribution in [0, 0.1) is 17.8 Å². The zero-order chi connectivity index (χ0) is 27.3. The lowest BCUT2D eigenvalue weighted by Gasteiger charge is -2.56. The van der Waals surface area contributed by atoms with Gasteiger partial charge < -0.3 is 0 Å². The number of aryl methyl sites for hydroxylation is 4. The van der Waals surface area contributed by atoms with E-state index in [0.717, 1.165) is 62.0 Å². The van der Waals surface area contributed by atoms with Crippen molar-refractivity contribution < 1.29 is 14.6 Å². The minimum atomic E-state index is 0.220. The monoisotopic (exact) mass is 531 g/mol. The Balaban J connectivity index is 1.53. The van der Waals surface area contributed by atoms with Crippen LogP contribution in [-0.4, -0.2) is 22.0 Å². The molecule has 1 saturated carbocycles. The van der Waals surface area contributed by atoms with Gasteiger partial charge >= 0.3 is 0 Å². The van der Waals surface area contributed by atoms with Gasteiger partial charge in [0.15, 0.2) is 6.04 Å². The summed E-state index contributed by atoms with van der Waals surface area (Å²) in [5.41, 5.74) is 8.28. The third-order valence-electron chi connectivity index (χ3n) is 10.6. The number of hydrogen-bond donors (Lipinski definition) is 0. The molecule has 0 bridgehead atoms. The smallest absolute Gasteiger partial charge is 0.206 e. The van der Waals surface area contributed by atoms with E-state index >= 15 is 0 Å². The fraction of sp³-hybridized carbons (Fsp3) is 0.657. The summed E-state index contributed by atoms with van der Waals surface area (Å²) in [6.07, 6.45) is 13.0. The van der Waals surface area contributed by atoms with Crippen molar-refractivity contribution >= 4 is 0 Å². The number of nitrogens with zero attached hydrogens (tertiary/aromatic N) is 2. The highest BCUT2D eigenvalue weighted by atomic mass is 17.0. The summed E-state index contributed by atoms with van der Waals surface area (Å²) in [7, 11) is 0. The van der Waals surface area contributed by atoms with Crippen LogP contribution in [0.2, 0.25) is 0 Å². The van der Waals surface area contributed by atoms with Gasteiger partial charge in [0.05, 0.1) is 12.6 Å². The Morgan fingerprint density at radius 1 is 0.795 bits per heavy atom. The van der Waals surface area contributed by atoms with Gasteiger partial charge in [0, 0.05) is 34.6 Å². The van der Waals surface area contributed by atoms with Crippen molar-refractivity contribution in [3.63, 3.8) is 0 Å². The second-order valence-electron chi connectivity index (χ2n) is 13.0. The topological polar surface area (TPSA) is 21.7 Å². The Hall–Kier alpha value is -2.04. The molecular formula is C35H51N2O2+. The second kappa shape index (κ2) is 10.7. The average Bonchev–Trinajstić information content (AvgIpc) is 3.07. The first kappa shape index (κ1) is 27.1. The lowest BCUT2D eigenvalue weighted by Crippen LogP contribution is -2.77.